The van der Waals surface area contributed by atoms with E-state index in [-0.39, 0.29) is 0 Å². The number of hydrogen-bond donors (Lipinski definition) is 1. The molecule has 0 spiro atoms. The molecule has 12 heavy (non-hydrogen) atoms. The Morgan fingerprint density at radius 3 is 2.67 bits per heavy atom. The fourth-order valence-corrected chi connectivity index (χ4v) is 1.98. The predicted molar refractivity (Wildman–Crippen MR) is 48.2 cm³/mol. The Morgan fingerprint density at radius 1 is 1.33 bits per heavy atom. The van der Waals surface area contributed by atoms with Crippen molar-refractivity contribution in [3.8, 4) is 0 Å². The van der Waals surface area contributed by atoms with E-state index in [2.05, 4.69) is 24.1 Å². The molecule has 3 heteroatoms. The molecule has 0 radical (unpaired) electrons. The second-order valence-corrected chi connectivity index (χ2v) is 3.87. The maximum Gasteiger partial charge on any atom is 0.0700 e. The van der Waals surface area contributed by atoms with Crippen LogP contribution >= 0.6 is 0 Å². The minimum Gasteiger partial charge on any atom is -0.376 e. The van der Waals surface area contributed by atoms with Crippen LogP contribution in [0.25, 0.3) is 0 Å². The minimum atomic E-state index is 0.402. The van der Waals surface area contributed by atoms with Gasteiger partial charge in [-0.1, -0.05) is 0 Å². The van der Waals surface area contributed by atoms with Gasteiger partial charge in [0.05, 0.1) is 12.7 Å². The Hall–Kier alpha value is -0.120. The molecule has 2 rings (SSSR count). The average molecular weight is 170 g/mol. The summed E-state index contributed by atoms with van der Waals surface area (Å²) >= 11 is 0. The SMILES string of the molecule is CC1OCCN(C2CNC2)C1C. The van der Waals surface area contributed by atoms with Crippen molar-refractivity contribution in [3.63, 3.8) is 0 Å². The summed E-state index contributed by atoms with van der Waals surface area (Å²) in [6, 6.07) is 1.36. The van der Waals surface area contributed by atoms with E-state index in [1.54, 1.807) is 0 Å². The minimum absolute atomic E-state index is 0.402. The maximum atomic E-state index is 5.58. The molecule has 0 bridgehead atoms. The lowest BCUT2D eigenvalue weighted by atomic mass is 10.0. The molecule has 0 aliphatic carbocycles. The van der Waals surface area contributed by atoms with Gasteiger partial charge >= 0.3 is 0 Å². The highest BCUT2D eigenvalue weighted by Crippen LogP contribution is 2.17. The largest absolute Gasteiger partial charge is 0.376 e. The average Bonchev–Trinajstić information content (AvgIpc) is 1.95. The van der Waals surface area contributed by atoms with Crippen molar-refractivity contribution in [2.75, 3.05) is 26.2 Å². The molecule has 2 unspecified atom stereocenters. The van der Waals surface area contributed by atoms with Crippen LogP contribution in [0.3, 0.4) is 0 Å². The summed E-state index contributed by atoms with van der Waals surface area (Å²) in [4.78, 5) is 2.57. The molecule has 70 valence electrons. The molecule has 2 heterocycles. The van der Waals surface area contributed by atoms with E-state index >= 15 is 0 Å². The zero-order valence-corrected chi connectivity index (χ0v) is 7.92. The molecule has 2 aliphatic rings. The summed E-state index contributed by atoms with van der Waals surface area (Å²) in [6.07, 6.45) is 0.402. The third-order valence-corrected chi connectivity index (χ3v) is 3.16. The molecule has 0 aromatic carbocycles. The van der Waals surface area contributed by atoms with Gasteiger partial charge in [-0.05, 0) is 13.8 Å². The van der Waals surface area contributed by atoms with Crippen LogP contribution < -0.4 is 5.32 Å². The van der Waals surface area contributed by atoms with Gasteiger partial charge < -0.3 is 10.1 Å². The highest BCUT2D eigenvalue weighted by molar-refractivity contribution is 4.90. The standard InChI is InChI=1S/C9H18N2O/c1-7-8(2)12-4-3-11(7)9-5-10-6-9/h7-10H,3-6H2,1-2H3. The normalized spacial score (nSPS) is 39.5. The Balaban J connectivity index is 1.93. The fraction of sp³-hybridized carbons (Fsp3) is 1.00. The van der Waals surface area contributed by atoms with Crippen LogP contribution in [-0.4, -0.2) is 49.3 Å². The van der Waals surface area contributed by atoms with Gasteiger partial charge in [-0.15, -0.1) is 0 Å². The van der Waals surface area contributed by atoms with Crippen LogP contribution in [0.15, 0.2) is 0 Å². The van der Waals surface area contributed by atoms with Crippen LogP contribution in [-0.2, 0) is 4.74 Å². The molecule has 0 amide bonds. The molecule has 0 aromatic rings. The van der Waals surface area contributed by atoms with Crippen LogP contribution in [0.5, 0.6) is 0 Å². The van der Waals surface area contributed by atoms with E-state index in [0.29, 0.717) is 12.1 Å². The smallest absolute Gasteiger partial charge is 0.0700 e. The third kappa shape index (κ3) is 1.37. The van der Waals surface area contributed by atoms with Gasteiger partial charge in [0.2, 0.25) is 0 Å². The van der Waals surface area contributed by atoms with Gasteiger partial charge in [0.25, 0.3) is 0 Å². The lowest BCUT2D eigenvalue weighted by Crippen LogP contribution is -2.63. The third-order valence-electron chi connectivity index (χ3n) is 3.16. The summed E-state index contributed by atoms with van der Waals surface area (Å²) in [5, 5.41) is 3.31. The lowest BCUT2D eigenvalue weighted by Gasteiger charge is -2.46. The Bertz CT molecular complexity index is 159. The van der Waals surface area contributed by atoms with Crippen molar-refractivity contribution in [2.45, 2.75) is 32.0 Å². The highest BCUT2D eigenvalue weighted by Gasteiger charge is 2.33. The molecule has 2 saturated heterocycles. The van der Waals surface area contributed by atoms with Crippen molar-refractivity contribution in [3.05, 3.63) is 0 Å². The van der Waals surface area contributed by atoms with E-state index in [9.17, 15) is 0 Å². The van der Waals surface area contributed by atoms with Gasteiger partial charge in [0.1, 0.15) is 0 Å². The van der Waals surface area contributed by atoms with E-state index in [1.807, 2.05) is 0 Å². The molecule has 0 aromatic heterocycles. The molecule has 2 atom stereocenters. The fourth-order valence-electron chi connectivity index (χ4n) is 1.98. The zero-order chi connectivity index (χ0) is 8.55. The van der Waals surface area contributed by atoms with E-state index in [0.717, 1.165) is 32.3 Å². The molecule has 2 fully saturated rings. The van der Waals surface area contributed by atoms with Crippen molar-refractivity contribution >= 4 is 0 Å². The summed E-state index contributed by atoms with van der Waals surface area (Å²) < 4.78 is 5.58. The lowest BCUT2D eigenvalue weighted by molar-refractivity contribution is -0.0786. The highest BCUT2D eigenvalue weighted by atomic mass is 16.5. The van der Waals surface area contributed by atoms with Crippen LogP contribution in [0.4, 0.5) is 0 Å². The van der Waals surface area contributed by atoms with Gasteiger partial charge in [-0.2, -0.15) is 0 Å². The molecule has 0 saturated carbocycles. The van der Waals surface area contributed by atoms with Crippen molar-refractivity contribution in [1.82, 2.24) is 10.2 Å². The van der Waals surface area contributed by atoms with Crippen molar-refractivity contribution in [2.24, 2.45) is 0 Å². The quantitative estimate of drug-likeness (QED) is 0.602. The van der Waals surface area contributed by atoms with Gasteiger partial charge in [-0.25, -0.2) is 0 Å². The number of ether oxygens (including phenoxy) is 1. The maximum absolute atomic E-state index is 5.58. The first-order valence-corrected chi connectivity index (χ1v) is 4.87. The molecular formula is C9H18N2O. The second-order valence-electron chi connectivity index (χ2n) is 3.87. The number of morpholine rings is 1. The first kappa shape index (κ1) is 8.48. The van der Waals surface area contributed by atoms with Crippen LogP contribution in [0.2, 0.25) is 0 Å². The number of hydrogen-bond acceptors (Lipinski definition) is 3. The van der Waals surface area contributed by atoms with E-state index < -0.39 is 0 Å². The van der Waals surface area contributed by atoms with Crippen LogP contribution in [0, 0.1) is 0 Å². The molecular weight excluding hydrogens is 152 g/mol. The summed E-state index contributed by atoms with van der Waals surface area (Å²) in [5.74, 6) is 0. The summed E-state index contributed by atoms with van der Waals surface area (Å²) in [6.45, 7) is 8.78. The number of rotatable bonds is 1. The zero-order valence-electron chi connectivity index (χ0n) is 7.92. The van der Waals surface area contributed by atoms with E-state index in [4.69, 9.17) is 4.74 Å². The monoisotopic (exact) mass is 170 g/mol. The Labute approximate surface area is 74.1 Å². The number of nitrogens with one attached hydrogen (secondary N) is 1. The van der Waals surface area contributed by atoms with E-state index in [1.165, 1.54) is 0 Å². The Morgan fingerprint density at radius 2 is 2.08 bits per heavy atom. The second kappa shape index (κ2) is 3.32. The summed E-state index contributed by atoms with van der Waals surface area (Å²) in [7, 11) is 0. The Kier molecular flexibility index (Phi) is 2.35. The topological polar surface area (TPSA) is 24.5 Å². The first-order chi connectivity index (χ1) is 5.79. The van der Waals surface area contributed by atoms with Crippen molar-refractivity contribution in [1.29, 1.82) is 0 Å². The summed E-state index contributed by atoms with van der Waals surface area (Å²) in [5.41, 5.74) is 0. The van der Waals surface area contributed by atoms with Gasteiger partial charge in [-0.3, -0.25) is 4.90 Å². The molecule has 3 nitrogen and oxygen atoms in total. The molecule has 1 N–H and O–H groups in total. The van der Waals surface area contributed by atoms with Gasteiger partial charge in [0.15, 0.2) is 0 Å². The molecule has 2 aliphatic heterocycles. The van der Waals surface area contributed by atoms with Crippen molar-refractivity contribution < 1.29 is 4.74 Å². The number of nitrogens with zero attached hydrogens (tertiary/aromatic N) is 1. The first-order valence-electron chi connectivity index (χ1n) is 4.87. The van der Waals surface area contributed by atoms with Gasteiger partial charge in [0, 0.05) is 31.7 Å². The predicted octanol–water partition coefficient (Wildman–Crippen LogP) is 0.0674. The van der Waals surface area contributed by atoms with Crippen LogP contribution in [0.1, 0.15) is 13.8 Å².